The lowest BCUT2D eigenvalue weighted by Gasteiger charge is -1.96. The average molecular weight is 111 g/mol. The lowest BCUT2D eigenvalue weighted by atomic mass is 10.1. The van der Waals surface area contributed by atoms with Gasteiger partial charge in [-0.05, 0) is 13.3 Å². The summed E-state index contributed by atoms with van der Waals surface area (Å²) in [4.78, 5) is 0. The van der Waals surface area contributed by atoms with Gasteiger partial charge in [-0.2, -0.15) is 0 Å². The molecule has 0 spiro atoms. The van der Waals surface area contributed by atoms with Gasteiger partial charge in [-0.3, -0.25) is 0 Å². The molecule has 0 radical (unpaired) electrons. The van der Waals surface area contributed by atoms with E-state index in [1.54, 1.807) is 0 Å². The molecule has 0 saturated heterocycles. The van der Waals surface area contributed by atoms with Crippen LogP contribution in [-0.4, -0.2) is 5.71 Å². The summed E-state index contributed by atoms with van der Waals surface area (Å²) in [6, 6.07) is 0. The number of rotatable bonds is 3. The molecular formula is C7H13N. The van der Waals surface area contributed by atoms with Crippen LogP contribution in [0.25, 0.3) is 0 Å². The molecule has 0 aromatic carbocycles. The van der Waals surface area contributed by atoms with Gasteiger partial charge in [-0.1, -0.05) is 19.1 Å². The number of hydrogen-bond donors (Lipinski definition) is 1. The van der Waals surface area contributed by atoms with Crippen LogP contribution in [0.15, 0.2) is 12.2 Å². The van der Waals surface area contributed by atoms with Gasteiger partial charge in [-0.15, -0.1) is 0 Å². The third kappa shape index (κ3) is 3.59. The Morgan fingerprint density at radius 3 is 2.25 bits per heavy atom. The zero-order chi connectivity index (χ0) is 6.57. The third-order valence-corrected chi connectivity index (χ3v) is 0.942. The molecular weight excluding hydrogens is 98.1 g/mol. The molecule has 0 amide bonds. The molecule has 0 aliphatic carbocycles. The Hall–Kier alpha value is -0.590. The highest BCUT2D eigenvalue weighted by Crippen LogP contribution is 1.98. The molecule has 0 heterocycles. The van der Waals surface area contributed by atoms with Crippen LogP contribution in [-0.2, 0) is 0 Å². The molecule has 0 aliphatic rings. The SMILES string of the molecule is C=C(C)CC(=N)CC. The van der Waals surface area contributed by atoms with E-state index in [1.807, 2.05) is 13.8 Å². The van der Waals surface area contributed by atoms with Crippen LogP contribution in [0.4, 0.5) is 0 Å². The lowest BCUT2D eigenvalue weighted by molar-refractivity contribution is 1.14. The molecule has 0 aliphatic heterocycles. The van der Waals surface area contributed by atoms with Crippen molar-refractivity contribution in [3.63, 3.8) is 0 Å². The van der Waals surface area contributed by atoms with E-state index in [0.29, 0.717) is 0 Å². The van der Waals surface area contributed by atoms with Crippen molar-refractivity contribution < 1.29 is 0 Å². The molecule has 0 aromatic heterocycles. The van der Waals surface area contributed by atoms with E-state index in [0.717, 1.165) is 24.1 Å². The summed E-state index contributed by atoms with van der Waals surface area (Å²) in [5.41, 5.74) is 1.86. The minimum atomic E-state index is 0.774. The van der Waals surface area contributed by atoms with Gasteiger partial charge in [0.2, 0.25) is 0 Å². The molecule has 0 fully saturated rings. The Bertz CT molecular complexity index is 103. The summed E-state index contributed by atoms with van der Waals surface area (Å²) in [6.07, 6.45) is 1.63. The summed E-state index contributed by atoms with van der Waals surface area (Å²) in [6.45, 7) is 7.64. The van der Waals surface area contributed by atoms with E-state index in [-0.39, 0.29) is 0 Å². The number of nitrogens with one attached hydrogen (secondary N) is 1. The van der Waals surface area contributed by atoms with Gasteiger partial charge >= 0.3 is 0 Å². The van der Waals surface area contributed by atoms with E-state index < -0.39 is 0 Å². The van der Waals surface area contributed by atoms with E-state index >= 15 is 0 Å². The van der Waals surface area contributed by atoms with Crippen LogP contribution in [0.1, 0.15) is 26.7 Å². The number of hydrogen-bond acceptors (Lipinski definition) is 1. The van der Waals surface area contributed by atoms with Crippen LogP contribution in [0.2, 0.25) is 0 Å². The molecule has 46 valence electrons. The zero-order valence-electron chi connectivity index (χ0n) is 5.62. The predicted octanol–water partition coefficient (Wildman–Crippen LogP) is 2.38. The number of allylic oxidation sites excluding steroid dienone is 1. The summed E-state index contributed by atoms with van der Waals surface area (Å²) >= 11 is 0. The van der Waals surface area contributed by atoms with E-state index in [9.17, 15) is 0 Å². The highest BCUT2D eigenvalue weighted by atomic mass is 14.4. The first-order valence-corrected chi connectivity index (χ1v) is 2.87. The smallest absolute Gasteiger partial charge is 0.0127 e. The molecule has 8 heavy (non-hydrogen) atoms. The van der Waals surface area contributed by atoms with E-state index in [4.69, 9.17) is 5.41 Å². The highest BCUT2D eigenvalue weighted by molar-refractivity contribution is 5.82. The topological polar surface area (TPSA) is 23.9 Å². The Morgan fingerprint density at radius 1 is 1.62 bits per heavy atom. The van der Waals surface area contributed by atoms with Gasteiger partial charge < -0.3 is 5.41 Å². The van der Waals surface area contributed by atoms with Crippen molar-refractivity contribution in [1.82, 2.24) is 0 Å². The summed E-state index contributed by atoms with van der Waals surface area (Å²) < 4.78 is 0. The van der Waals surface area contributed by atoms with Crippen LogP contribution >= 0.6 is 0 Å². The van der Waals surface area contributed by atoms with Gasteiger partial charge in [0.1, 0.15) is 0 Å². The highest BCUT2D eigenvalue weighted by Gasteiger charge is 1.90. The minimum Gasteiger partial charge on any atom is -0.309 e. The fourth-order valence-corrected chi connectivity index (χ4v) is 0.489. The van der Waals surface area contributed by atoms with Gasteiger partial charge in [0.25, 0.3) is 0 Å². The van der Waals surface area contributed by atoms with Crippen LogP contribution in [0.3, 0.4) is 0 Å². The maximum Gasteiger partial charge on any atom is 0.0127 e. The molecule has 1 nitrogen and oxygen atoms in total. The molecule has 0 aromatic rings. The Labute approximate surface area is 50.9 Å². The molecule has 0 unspecified atom stereocenters. The first kappa shape index (κ1) is 7.41. The first-order chi connectivity index (χ1) is 3.66. The quantitative estimate of drug-likeness (QED) is 0.427. The lowest BCUT2D eigenvalue weighted by Crippen LogP contribution is -1.92. The molecule has 1 N–H and O–H groups in total. The maximum absolute atomic E-state index is 7.21. The summed E-state index contributed by atoms with van der Waals surface area (Å²) in [7, 11) is 0. The minimum absolute atomic E-state index is 0.774. The largest absolute Gasteiger partial charge is 0.309 e. The monoisotopic (exact) mass is 111 g/mol. The first-order valence-electron chi connectivity index (χ1n) is 2.87. The van der Waals surface area contributed by atoms with Gasteiger partial charge in [-0.25, -0.2) is 0 Å². The van der Waals surface area contributed by atoms with Crippen LogP contribution < -0.4 is 0 Å². The second-order valence-corrected chi connectivity index (χ2v) is 2.09. The van der Waals surface area contributed by atoms with Gasteiger partial charge in [0, 0.05) is 12.1 Å². The Kier molecular flexibility index (Phi) is 3.16. The normalized spacial score (nSPS) is 8.75. The van der Waals surface area contributed by atoms with Crippen molar-refractivity contribution in [3.8, 4) is 0 Å². The van der Waals surface area contributed by atoms with E-state index in [2.05, 4.69) is 6.58 Å². The van der Waals surface area contributed by atoms with Gasteiger partial charge in [0.05, 0.1) is 0 Å². The van der Waals surface area contributed by atoms with Crippen molar-refractivity contribution in [1.29, 1.82) is 5.41 Å². The van der Waals surface area contributed by atoms with Crippen molar-refractivity contribution >= 4 is 5.71 Å². The molecule has 0 atom stereocenters. The maximum atomic E-state index is 7.21. The van der Waals surface area contributed by atoms with Crippen molar-refractivity contribution in [2.45, 2.75) is 26.7 Å². The molecule has 0 bridgehead atoms. The second-order valence-electron chi connectivity index (χ2n) is 2.09. The van der Waals surface area contributed by atoms with E-state index in [1.165, 1.54) is 0 Å². The molecule has 0 rings (SSSR count). The van der Waals surface area contributed by atoms with Crippen molar-refractivity contribution in [3.05, 3.63) is 12.2 Å². The third-order valence-electron chi connectivity index (χ3n) is 0.942. The predicted molar refractivity (Wildman–Crippen MR) is 37.4 cm³/mol. The molecule has 1 heteroatoms. The Morgan fingerprint density at radius 2 is 2.12 bits per heavy atom. The molecule has 0 saturated carbocycles. The standard InChI is InChI=1S/C7H13N/c1-4-7(8)5-6(2)3/h8H,2,4-5H2,1,3H3. The fourth-order valence-electron chi connectivity index (χ4n) is 0.489. The van der Waals surface area contributed by atoms with Crippen molar-refractivity contribution in [2.75, 3.05) is 0 Å². The summed E-state index contributed by atoms with van der Waals surface area (Å²) in [5, 5.41) is 7.21. The zero-order valence-corrected chi connectivity index (χ0v) is 5.62. The van der Waals surface area contributed by atoms with Crippen molar-refractivity contribution in [2.24, 2.45) is 0 Å². The van der Waals surface area contributed by atoms with Gasteiger partial charge in [0.15, 0.2) is 0 Å². The summed E-state index contributed by atoms with van der Waals surface area (Å²) in [5.74, 6) is 0. The second kappa shape index (κ2) is 3.42. The average Bonchev–Trinajstić information content (AvgIpc) is 1.65. The Balaban J connectivity index is 3.40. The van der Waals surface area contributed by atoms with Crippen LogP contribution in [0, 0.1) is 5.41 Å². The van der Waals surface area contributed by atoms with Crippen LogP contribution in [0.5, 0.6) is 0 Å². The fraction of sp³-hybridized carbons (Fsp3) is 0.571.